The Labute approximate surface area is 156 Å². The Morgan fingerprint density at radius 1 is 0.963 bits per heavy atom. The van der Waals surface area contributed by atoms with E-state index in [9.17, 15) is 19.2 Å². The van der Waals surface area contributed by atoms with Crippen LogP contribution in [0.1, 0.15) is 38.0 Å². The van der Waals surface area contributed by atoms with Crippen LogP contribution in [0.3, 0.4) is 0 Å². The molecule has 0 aromatic heterocycles. The molecular weight excluding hydrogens is 348 g/mol. The average molecular weight is 366 g/mol. The Morgan fingerprint density at radius 2 is 1.56 bits per heavy atom. The average Bonchev–Trinajstić information content (AvgIpc) is 2.92. The van der Waals surface area contributed by atoms with Crippen LogP contribution in [-0.2, 0) is 9.53 Å². The summed E-state index contributed by atoms with van der Waals surface area (Å²) in [4.78, 5) is 51.7. The highest BCUT2D eigenvalue weighted by molar-refractivity contribution is 6.34. The molecule has 0 N–H and O–H groups in total. The van der Waals surface area contributed by atoms with E-state index in [1.165, 1.54) is 24.0 Å². The number of carbonyl (C=O) groups excluding carboxylic acids is 4. The van der Waals surface area contributed by atoms with Gasteiger partial charge in [-0.3, -0.25) is 14.4 Å². The standard InChI is InChI=1S/C20H18N2O5/c1-12(17(23)21(2)3)27-20(26)13-7-6-8-14(11-13)22-18(24)15-9-4-5-10-16(15)19(22)25/h4-12H,1-3H3. The van der Waals surface area contributed by atoms with Crippen molar-refractivity contribution in [2.24, 2.45) is 0 Å². The van der Waals surface area contributed by atoms with Crippen molar-refractivity contribution in [2.75, 3.05) is 19.0 Å². The number of esters is 1. The minimum atomic E-state index is -0.949. The molecule has 2 aromatic carbocycles. The molecular formula is C20H18N2O5. The van der Waals surface area contributed by atoms with Gasteiger partial charge in [-0.15, -0.1) is 0 Å². The summed E-state index contributed by atoms with van der Waals surface area (Å²) in [5.41, 5.74) is 1.05. The van der Waals surface area contributed by atoms with Gasteiger partial charge in [0.1, 0.15) is 0 Å². The fourth-order valence-corrected chi connectivity index (χ4v) is 2.84. The maximum absolute atomic E-state index is 12.6. The molecule has 7 nitrogen and oxygen atoms in total. The largest absolute Gasteiger partial charge is 0.449 e. The predicted octanol–water partition coefficient (Wildman–Crippen LogP) is 2.12. The molecule has 0 radical (unpaired) electrons. The smallest absolute Gasteiger partial charge is 0.338 e. The highest BCUT2D eigenvalue weighted by atomic mass is 16.5. The summed E-state index contributed by atoms with van der Waals surface area (Å²) in [6.07, 6.45) is -0.949. The second kappa shape index (κ2) is 7.03. The first-order valence-electron chi connectivity index (χ1n) is 8.31. The third-order valence-electron chi connectivity index (χ3n) is 4.21. The van der Waals surface area contributed by atoms with Crippen LogP contribution in [0.2, 0.25) is 0 Å². The number of fused-ring (bicyclic) bond motifs is 1. The first kappa shape index (κ1) is 18.3. The lowest BCUT2D eigenvalue weighted by atomic mass is 10.1. The summed E-state index contributed by atoms with van der Waals surface area (Å²) in [6.45, 7) is 1.48. The van der Waals surface area contributed by atoms with Gasteiger partial charge in [0.05, 0.1) is 22.4 Å². The molecule has 2 aromatic rings. The van der Waals surface area contributed by atoms with Crippen LogP contribution in [0.25, 0.3) is 0 Å². The van der Waals surface area contributed by atoms with Gasteiger partial charge in [0, 0.05) is 14.1 Å². The molecule has 0 saturated carbocycles. The summed E-state index contributed by atoms with van der Waals surface area (Å²) >= 11 is 0. The van der Waals surface area contributed by atoms with E-state index >= 15 is 0 Å². The van der Waals surface area contributed by atoms with Gasteiger partial charge in [0.2, 0.25) is 0 Å². The number of amides is 3. The Bertz CT molecular complexity index is 916. The molecule has 3 amide bonds. The van der Waals surface area contributed by atoms with Gasteiger partial charge >= 0.3 is 5.97 Å². The fourth-order valence-electron chi connectivity index (χ4n) is 2.84. The zero-order valence-corrected chi connectivity index (χ0v) is 15.1. The Morgan fingerprint density at radius 3 is 2.11 bits per heavy atom. The van der Waals surface area contributed by atoms with E-state index < -0.39 is 23.9 Å². The number of ether oxygens (including phenoxy) is 1. The van der Waals surface area contributed by atoms with Crippen LogP contribution in [0, 0.1) is 0 Å². The van der Waals surface area contributed by atoms with Crippen LogP contribution >= 0.6 is 0 Å². The van der Waals surface area contributed by atoms with Gasteiger partial charge in [-0.1, -0.05) is 18.2 Å². The zero-order valence-electron chi connectivity index (χ0n) is 15.1. The van der Waals surface area contributed by atoms with E-state index in [1.807, 2.05) is 0 Å². The molecule has 1 unspecified atom stereocenters. The van der Waals surface area contributed by atoms with Crippen molar-refractivity contribution in [1.82, 2.24) is 4.90 Å². The van der Waals surface area contributed by atoms with Crippen LogP contribution < -0.4 is 4.90 Å². The van der Waals surface area contributed by atoms with E-state index in [0.717, 1.165) is 4.90 Å². The summed E-state index contributed by atoms with van der Waals surface area (Å²) in [5.74, 6) is -1.95. The molecule has 0 saturated heterocycles. The molecule has 0 fully saturated rings. The summed E-state index contributed by atoms with van der Waals surface area (Å²) < 4.78 is 5.17. The van der Waals surface area contributed by atoms with Gasteiger partial charge in [-0.2, -0.15) is 0 Å². The number of likely N-dealkylation sites (N-methyl/N-ethyl adjacent to an activating group) is 1. The monoisotopic (exact) mass is 366 g/mol. The SMILES string of the molecule is CC(OC(=O)c1cccc(N2C(=O)c3ccccc3C2=O)c1)C(=O)N(C)C. The van der Waals surface area contributed by atoms with Crippen LogP contribution in [0.4, 0.5) is 5.69 Å². The third-order valence-corrected chi connectivity index (χ3v) is 4.21. The number of hydrogen-bond acceptors (Lipinski definition) is 5. The summed E-state index contributed by atoms with van der Waals surface area (Å²) in [7, 11) is 3.13. The lowest BCUT2D eigenvalue weighted by Crippen LogP contribution is -2.35. The number of rotatable bonds is 4. The minimum Gasteiger partial charge on any atom is -0.449 e. The predicted molar refractivity (Wildman–Crippen MR) is 97.6 cm³/mol. The molecule has 1 heterocycles. The van der Waals surface area contributed by atoms with Gasteiger partial charge in [-0.25, -0.2) is 9.69 Å². The quantitative estimate of drug-likeness (QED) is 0.611. The fraction of sp³-hybridized carbons (Fsp3) is 0.200. The Balaban J connectivity index is 1.85. The van der Waals surface area contributed by atoms with Crippen molar-refractivity contribution in [3.8, 4) is 0 Å². The Kier molecular flexibility index (Phi) is 4.77. The number of hydrogen-bond donors (Lipinski definition) is 0. The molecule has 27 heavy (non-hydrogen) atoms. The van der Waals surface area contributed by atoms with Gasteiger partial charge in [0.15, 0.2) is 6.10 Å². The molecule has 0 bridgehead atoms. The number of carbonyl (C=O) groups is 4. The molecule has 0 spiro atoms. The van der Waals surface area contributed by atoms with Crippen molar-refractivity contribution in [1.29, 1.82) is 0 Å². The van der Waals surface area contributed by atoms with E-state index in [-0.39, 0.29) is 17.2 Å². The van der Waals surface area contributed by atoms with Crippen molar-refractivity contribution >= 4 is 29.4 Å². The molecule has 7 heteroatoms. The van der Waals surface area contributed by atoms with E-state index in [0.29, 0.717) is 11.1 Å². The van der Waals surface area contributed by atoms with Crippen LogP contribution in [-0.4, -0.2) is 48.8 Å². The third kappa shape index (κ3) is 3.31. The number of benzene rings is 2. The van der Waals surface area contributed by atoms with Gasteiger partial charge < -0.3 is 9.64 Å². The lowest BCUT2D eigenvalue weighted by molar-refractivity contribution is -0.137. The van der Waals surface area contributed by atoms with Gasteiger partial charge in [-0.05, 0) is 37.3 Å². The van der Waals surface area contributed by atoms with Crippen LogP contribution in [0.15, 0.2) is 48.5 Å². The second-order valence-electron chi connectivity index (χ2n) is 6.32. The van der Waals surface area contributed by atoms with Gasteiger partial charge in [0.25, 0.3) is 17.7 Å². The molecule has 1 atom stereocenters. The highest BCUT2D eigenvalue weighted by Crippen LogP contribution is 2.28. The first-order chi connectivity index (χ1) is 12.8. The maximum atomic E-state index is 12.6. The first-order valence-corrected chi connectivity index (χ1v) is 8.31. The summed E-state index contributed by atoms with van der Waals surface area (Å²) in [6, 6.07) is 12.5. The molecule has 0 aliphatic carbocycles. The summed E-state index contributed by atoms with van der Waals surface area (Å²) in [5, 5.41) is 0. The minimum absolute atomic E-state index is 0.141. The second-order valence-corrected chi connectivity index (χ2v) is 6.32. The number of nitrogens with zero attached hydrogens (tertiary/aromatic N) is 2. The lowest BCUT2D eigenvalue weighted by Gasteiger charge is -2.18. The highest BCUT2D eigenvalue weighted by Gasteiger charge is 2.36. The Hall–Kier alpha value is -3.48. The maximum Gasteiger partial charge on any atom is 0.338 e. The normalized spacial score (nSPS) is 14.0. The van der Waals surface area contributed by atoms with Crippen LogP contribution in [0.5, 0.6) is 0 Å². The van der Waals surface area contributed by atoms with E-state index in [1.54, 1.807) is 50.5 Å². The van der Waals surface area contributed by atoms with E-state index in [4.69, 9.17) is 4.74 Å². The number of anilines is 1. The zero-order chi connectivity index (χ0) is 19.7. The van der Waals surface area contributed by atoms with E-state index in [2.05, 4.69) is 0 Å². The van der Waals surface area contributed by atoms with Crippen molar-refractivity contribution in [3.05, 3.63) is 65.2 Å². The topological polar surface area (TPSA) is 84.0 Å². The molecule has 1 aliphatic heterocycles. The molecule has 1 aliphatic rings. The molecule has 138 valence electrons. The van der Waals surface area contributed by atoms with Crippen molar-refractivity contribution < 1.29 is 23.9 Å². The van der Waals surface area contributed by atoms with Crippen molar-refractivity contribution in [3.63, 3.8) is 0 Å². The number of imide groups is 1. The van der Waals surface area contributed by atoms with Crippen molar-refractivity contribution in [2.45, 2.75) is 13.0 Å². The molecule has 3 rings (SSSR count).